The first-order valence-electron chi connectivity index (χ1n) is 22.1. The van der Waals surface area contributed by atoms with Crippen LogP contribution >= 0.6 is 0 Å². The van der Waals surface area contributed by atoms with Gasteiger partial charge in [-0.25, -0.2) is 0 Å². The van der Waals surface area contributed by atoms with E-state index in [9.17, 15) is 0 Å². The van der Waals surface area contributed by atoms with Crippen LogP contribution in [0.1, 0.15) is 36.8 Å². The molecule has 2 spiro atoms. The predicted octanol–water partition coefficient (Wildman–Crippen LogP) is 15.2. The van der Waals surface area contributed by atoms with E-state index in [0.29, 0.717) is 0 Å². The van der Waals surface area contributed by atoms with Gasteiger partial charge in [0, 0.05) is 45.0 Å². The summed E-state index contributed by atoms with van der Waals surface area (Å²) in [5.74, 6) is 3.23. The largest absolute Gasteiger partial charge is 0.311 e. The molecular formula is C58H46N2. The lowest BCUT2D eigenvalue weighted by atomic mass is 9.22. The molecule has 0 aliphatic heterocycles. The van der Waals surface area contributed by atoms with E-state index < -0.39 is 0 Å². The standard InChI is InChI=1S/C58H46N2/c1-5-13-43(14-6-1)59(44-15-7-2-8-16-44)47-27-21-39(22-28-47)41-25-31-49-50-32-26-42(38-56(50)58-53-35-36-54(58)52-34-33-51(53)57(52,58)55(49)37-41)40-23-29-48(30-24-40)60(45-17-9-3-10-18-45)46-19-11-4-12-20-46/h1-32,37-38,51-54H,33-36H2. The molecule has 5 aliphatic rings. The van der Waals surface area contributed by atoms with Crippen molar-refractivity contribution >= 4 is 34.1 Å². The average Bonchev–Trinajstić information content (AvgIpc) is 3.60. The zero-order chi connectivity index (χ0) is 39.4. The van der Waals surface area contributed by atoms with Crippen LogP contribution in [-0.2, 0) is 10.8 Å². The van der Waals surface area contributed by atoms with Crippen LogP contribution in [0.25, 0.3) is 33.4 Å². The Kier molecular flexibility index (Phi) is 7.38. The van der Waals surface area contributed by atoms with Crippen LogP contribution in [0.4, 0.5) is 34.1 Å². The molecule has 0 bridgehead atoms. The van der Waals surface area contributed by atoms with E-state index in [1.165, 1.54) is 70.4 Å². The van der Waals surface area contributed by atoms with Crippen LogP contribution in [-0.4, -0.2) is 0 Å². The van der Waals surface area contributed by atoms with Gasteiger partial charge in [0.15, 0.2) is 0 Å². The summed E-state index contributed by atoms with van der Waals surface area (Å²) in [5.41, 5.74) is 19.1. The second kappa shape index (κ2) is 12.9. The van der Waals surface area contributed by atoms with Crippen molar-refractivity contribution in [3.63, 3.8) is 0 Å². The number of rotatable bonds is 8. The highest BCUT2D eigenvalue weighted by atomic mass is 15.1. The Hall–Kier alpha value is -6.64. The van der Waals surface area contributed by atoms with Crippen LogP contribution in [0.5, 0.6) is 0 Å². The average molecular weight is 771 g/mol. The summed E-state index contributed by atoms with van der Waals surface area (Å²) in [6, 6.07) is 76.5. The predicted molar refractivity (Wildman–Crippen MR) is 248 cm³/mol. The molecule has 2 heteroatoms. The Bertz CT molecular complexity index is 2580. The van der Waals surface area contributed by atoms with E-state index >= 15 is 0 Å². The van der Waals surface area contributed by atoms with E-state index in [1.54, 1.807) is 11.1 Å². The van der Waals surface area contributed by atoms with Gasteiger partial charge >= 0.3 is 0 Å². The molecule has 4 saturated carbocycles. The number of hydrogen-bond donors (Lipinski definition) is 0. The highest BCUT2D eigenvalue weighted by Crippen LogP contribution is 2.92. The third-order valence-corrected chi connectivity index (χ3v) is 15.8. The molecule has 4 atom stereocenters. The second-order valence-electron chi connectivity index (χ2n) is 17.9. The van der Waals surface area contributed by atoms with E-state index in [-0.39, 0.29) is 10.8 Å². The molecule has 0 N–H and O–H groups in total. The maximum absolute atomic E-state index is 2.65. The molecule has 8 aromatic carbocycles. The molecule has 0 aromatic heterocycles. The van der Waals surface area contributed by atoms with Crippen molar-refractivity contribution in [2.45, 2.75) is 36.5 Å². The first-order chi connectivity index (χ1) is 29.7. The minimum atomic E-state index is 0.281. The Morgan fingerprint density at radius 2 is 0.550 bits per heavy atom. The van der Waals surface area contributed by atoms with Gasteiger partial charge in [0.2, 0.25) is 0 Å². The topological polar surface area (TPSA) is 6.48 Å². The van der Waals surface area contributed by atoms with Gasteiger partial charge in [0.05, 0.1) is 0 Å². The lowest BCUT2D eigenvalue weighted by Gasteiger charge is -2.80. The molecule has 2 nitrogen and oxygen atoms in total. The van der Waals surface area contributed by atoms with Crippen LogP contribution in [0, 0.1) is 23.7 Å². The van der Waals surface area contributed by atoms with Gasteiger partial charge in [-0.15, -0.1) is 0 Å². The molecule has 4 unspecified atom stereocenters. The lowest BCUT2D eigenvalue weighted by molar-refractivity contribution is -0.197. The number of anilines is 6. The zero-order valence-electron chi connectivity index (χ0n) is 33.7. The van der Waals surface area contributed by atoms with Gasteiger partial charge in [0.1, 0.15) is 0 Å². The van der Waals surface area contributed by atoms with E-state index in [1.807, 2.05) is 0 Å². The fraction of sp³-hybridized carbons (Fsp3) is 0.172. The second-order valence-corrected chi connectivity index (χ2v) is 17.9. The van der Waals surface area contributed by atoms with Crippen LogP contribution in [0.15, 0.2) is 206 Å². The molecule has 0 heterocycles. The van der Waals surface area contributed by atoms with Crippen molar-refractivity contribution in [3.8, 4) is 33.4 Å². The number of nitrogens with zero attached hydrogens (tertiary/aromatic N) is 2. The summed E-state index contributed by atoms with van der Waals surface area (Å²) in [7, 11) is 0. The monoisotopic (exact) mass is 770 g/mol. The van der Waals surface area contributed by atoms with Crippen molar-refractivity contribution in [3.05, 3.63) is 217 Å². The molecule has 0 amide bonds. The highest BCUT2D eigenvalue weighted by molar-refractivity contribution is 5.88. The van der Waals surface area contributed by atoms with Crippen molar-refractivity contribution in [1.82, 2.24) is 0 Å². The van der Waals surface area contributed by atoms with Crippen molar-refractivity contribution < 1.29 is 0 Å². The summed E-state index contributed by atoms with van der Waals surface area (Å²) in [6.07, 6.45) is 5.60. The molecule has 0 saturated heterocycles. The van der Waals surface area contributed by atoms with Crippen molar-refractivity contribution in [1.29, 1.82) is 0 Å². The van der Waals surface area contributed by atoms with E-state index in [2.05, 4.69) is 216 Å². The molecule has 5 aliphatic carbocycles. The van der Waals surface area contributed by atoms with Gasteiger partial charge in [0.25, 0.3) is 0 Å². The van der Waals surface area contributed by atoms with Crippen molar-refractivity contribution in [2.24, 2.45) is 23.7 Å². The van der Waals surface area contributed by atoms with Crippen LogP contribution in [0.3, 0.4) is 0 Å². The fourth-order valence-electron chi connectivity index (χ4n) is 13.9. The zero-order valence-corrected chi connectivity index (χ0v) is 33.7. The van der Waals surface area contributed by atoms with Gasteiger partial charge in [-0.1, -0.05) is 121 Å². The third-order valence-electron chi connectivity index (χ3n) is 15.8. The normalized spacial score (nSPS) is 24.5. The summed E-state index contributed by atoms with van der Waals surface area (Å²) in [6.45, 7) is 0. The van der Waals surface area contributed by atoms with E-state index in [4.69, 9.17) is 0 Å². The molecule has 4 fully saturated rings. The first kappa shape index (κ1) is 34.2. The lowest BCUT2D eigenvalue weighted by Crippen LogP contribution is -2.81. The third kappa shape index (κ3) is 4.49. The Balaban J connectivity index is 0.885. The molecule has 288 valence electrons. The quantitative estimate of drug-likeness (QED) is 0.152. The number of benzene rings is 8. The van der Waals surface area contributed by atoms with Crippen LogP contribution in [0.2, 0.25) is 0 Å². The van der Waals surface area contributed by atoms with Gasteiger partial charge in [-0.3, -0.25) is 0 Å². The highest BCUT2D eigenvalue weighted by Gasteiger charge is 2.90. The minimum absolute atomic E-state index is 0.281. The Morgan fingerprint density at radius 1 is 0.283 bits per heavy atom. The minimum Gasteiger partial charge on any atom is -0.311 e. The molecular weight excluding hydrogens is 725 g/mol. The van der Waals surface area contributed by atoms with Gasteiger partial charge in [-0.05, 0) is 179 Å². The maximum Gasteiger partial charge on any atom is 0.0462 e. The molecule has 60 heavy (non-hydrogen) atoms. The van der Waals surface area contributed by atoms with Crippen LogP contribution < -0.4 is 9.80 Å². The van der Waals surface area contributed by atoms with Crippen molar-refractivity contribution in [2.75, 3.05) is 9.80 Å². The SMILES string of the molecule is c1ccc(N(c2ccccc2)c2ccc(-c3ccc4c(c3)C35C6CCC3C3CCC6C35c3cc(-c5ccc(N(c6ccccc6)c6ccccc6)cc5)ccc3-4)cc2)cc1. The summed E-state index contributed by atoms with van der Waals surface area (Å²) < 4.78 is 0. The number of para-hydroxylation sites is 4. The number of fused-ring (bicyclic) bond motifs is 5. The molecule has 0 radical (unpaired) electrons. The smallest absolute Gasteiger partial charge is 0.0462 e. The van der Waals surface area contributed by atoms with Gasteiger partial charge in [-0.2, -0.15) is 0 Å². The fourth-order valence-corrected chi connectivity index (χ4v) is 13.9. The van der Waals surface area contributed by atoms with Gasteiger partial charge < -0.3 is 9.80 Å². The summed E-state index contributed by atoms with van der Waals surface area (Å²) in [5, 5.41) is 0. The first-order valence-corrected chi connectivity index (χ1v) is 22.1. The number of hydrogen-bond acceptors (Lipinski definition) is 2. The Morgan fingerprint density at radius 3 is 0.850 bits per heavy atom. The van der Waals surface area contributed by atoms with E-state index in [0.717, 1.165) is 46.4 Å². The summed E-state index contributed by atoms with van der Waals surface area (Å²) in [4.78, 5) is 4.70. The molecule has 8 aromatic rings. The summed E-state index contributed by atoms with van der Waals surface area (Å²) >= 11 is 0. The Labute approximate surface area is 353 Å². The molecule has 13 rings (SSSR count). The maximum atomic E-state index is 2.65.